The zero-order valence-corrected chi connectivity index (χ0v) is 11.5. The predicted molar refractivity (Wildman–Crippen MR) is 78.0 cm³/mol. The van der Waals surface area contributed by atoms with Gasteiger partial charge < -0.3 is 10.4 Å². The Hall–Kier alpha value is -1.61. The summed E-state index contributed by atoms with van der Waals surface area (Å²) in [5.74, 6) is -0.181. The highest BCUT2D eigenvalue weighted by atomic mass is 16.3. The number of aliphatic hydroxyl groups excluding tert-OH is 1. The van der Waals surface area contributed by atoms with Crippen LogP contribution in [0, 0.1) is 0 Å². The molecule has 1 aromatic rings. The molecule has 0 aromatic heterocycles. The van der Waals surface area contributed by atoms with Gasteiger partial charge in [0.1, 0.15) is 0 Å². The van der Waals surface area contributed by atoms with Crippen LogP contribution in [-0.4, -0.2) is 23.2 Å². The Morgan fingerprint density at radius 3 is 2.63 bits per heavy atom. The van der Waals surface area contributed by atoms with Gasteiger partial charge >= 0.3 is 0 Å². The maximum absolute atomic E-state index is 12.0. The molecule has 0 heterocycles. The number of aliphatic hydroxyl groups is 1. The third-order valence-electron chi connectivity index (χ3n) is 3.11. The van der Waals surface area contributed by atoms with Crippen molar-refractivity contribution >= 4 is 5.91 Å². The van der Waals surface area contributed by atoms with Gasteiger partial charge in [-0.3, -0.25) is 4.79 Å². The molecule has 104 valence electrons. The summed E-state index contributed by atoms with van der Waals surface area (Å²) >= 11 is 0. The summed E-state index contributed by atoms with van der Waals surface area (Å²) in [6, 6.07) is 8.59. The number of rotatable bonds is 8. The van der Waals surface area contributed by atoms with Crippen molar-refractivity contribution in [3.8, 4) is 0 Å². The van der Waals surface area contributed by atoms with Gasteiger partial charge in [0, 0.05) is 5.56 Å². The van der Waals surface area contributed by atoms with Crippen molar-refractivity contribution < 1.29 is 9.90 Å². The van der Waals surface area contributed by atoms with E-state index in [0.717, 1.165) is 19.3 Å². The van der Waals surface area contributed by atoms with Crippen LogP contribution >= 0.6 is 0 Å². The van der Waals surface area contributed by atoms with Crippen molar-refractivity contribution in [3.63, 3.8) is 0 Å². The lowest BCUT2D eigenvalue weighted by molar-refractivity contribution is 0.0860. The van der Waals surface area contributed by atoms with E-state index in [2.05, 4.69) is 18.8 Å². The van der Waals surface area contributed by atoms with Gasteiger partial charge in [0.25, 0.3) is 5.91 Å². The molecule has 0 aliphatic carbocycles. The van der Waals surface area contributed by atoms with Crippen LogP contribution in [0.5, 0.6) is 0 Å². The number of unbranched alkanes of at least 4 members (excludes halogenated alkanes) is 2. The van der Waals surface area contributed by atoms with E-state index in [1.807, 2.05) is 18.2 Å². The quantitative estimate of drug-likeness (QED) is 0.558. The Morgan fingerprint density at radius 1 is 1.37 bits per heavy atom. The molecule has 2 atom stereocenters. The summed E-state index contributed by atoms with van der Waals surface area (Å²) in [4.78, 5) is 12.0. The fourth-order valence-electron chi connectivity index (χ4n) is 1.92. The van der Waals surface area contributed by atoms with Gasteiger partial charge in [0.2, 0.25) is 0 Å². The fourth-order valence-corrected chi connectivity index (χ4v) is 1.92. The van der Waals surface area contributed by atoms with Gasteiger partial charge in [0.15, 0.2) is 0 Å². The molecule has 0 saturated carbocycles. The molecule has 1 aromatic carbocycles. The topological polar surface area (TPSA) is 49.3 Å². The molecule has 19 heavy (non-hydrogen) atoms. The smallest absolute Gasteiger partial charge is 0.251 e. The maximum Gasteiger partial charge on any atom is 0.251 e. The van der Waals surface area contributed by atoms with Gasteiger partial charge in [-0.15, -0.1) is 6.58 Å². The molecule has 0 spiro atoms. The number of amides is 1. The molecule has 3 heteroatoms. The molecule has 0 aliphatic rings. The van der Waals surface area contributed by atoms with Gasteiger partial charge in [0.05, 0.1) is 12.1 Å². The van der Waals surface area contributed by atoms with Gasteiger partial charge in [-0.05, 0) is 18.6 Å². The normalized spacial score (nSPS) is 13.6. The molecular formula is C16H23NO2. The largest absolute Gasteiger partial charge is 0.391 e. The number of benzene rings is 1. The van der Waals surface area contributed by atoms with Crippen LogP contribution in [0.15, 0.2) is 43.0 Å². The maximum atomic E-state index is 12.0. The highest BCUT2D eigenvalue weighted by molar-refractivity contribution is 5.94. The Kier molecular flexibility index (Phi) is 6.90. The van der Waals surface area contributed by atoms with Crippen molar-refractivity contribution in [2.24, 2.45) is 0 Å². The Balaban J connectivity index is 2.52. The van der Waals surface area contributed by atoms with Crippen LogP contribution in [0.25, 0.3) is 0 Å². The van der Waals surface area contributed by atoms with Gasteiger partial charge in [-0.2, -0.15) is 0 Å². The molecule has 2 N–H and O–H groups in total. The van der Waals surface area contributed by atoms with E-state index in [-0.39, 0.29) is 5.91 Å². The average molecular weight is 261 g/mol. The number of nitrogens with one attached hydrogen (secondary N) is 1. The van der Waals surface area contributed by atoms with E-state index in [9.17, 15) is 9.90 Å². The van der Waals surface area contributed by atoms with Crippen molar-refractivity contribution in [2.45, 2.75) is 44.8 Å². The van der Waals surface area contributed by atoms with Crippen molar-refractivity contribution in [2.75, 3.05) is 0 Å². The lowest BCUT2D eigenvalue weighted by Crippen LogP contribution is -2.41. The molecule has 3 nitrogen and oxygen atoms in total. The molecule has 1 rings (SSSR count). The first-order valence-corrected chi connectivity index (χ1v) is 6.85. The molecule has 0 radical (unpaired) electrons. The third kappa shape index (κ3) is 5.26. The molecule has 0 bridgehead atoms. The van der Waals surface area contributed by atoms with Crippen molar-refractivity contribution in [1.29, 1.82) is 0 Å². The van der Waals surface area contributed by atoms with Gasteiger partial charge in [-0.25, -0.2) is 0 Å². The Bertz CT molecular complexity index is 389. The van der Waals surface area contributed by atoms with Crippen molar-refractivity contribution in [1.82, 2.24) is 5.32 Å². The van der Waals surface area contributed by atoms with Gasteiger partial charge in [-0.1, -0.05) is 50.5 Å². The minimum atomic E-state index is -0.572. The second kappa shape index (κ2) is 8.48. The second-order valence-corrected chi connectivity index (χ2v) is 4.66. The van der Waals surface area contributed by atoms with E-state index in [0.29, 0.717) is 12.0 Å². The summed E-state index contributed by atoms with van der Waals surface area (Å²) in [6.45, 7) is 5.80. The first kappa shape index (κ1) is 15.4. The minimum Gasteiger partial charge on any atom is -0.391 e. The van der Waals surface area contributed by atoms with Crippen LogP contribution in [0.1, 0.15) is 43.0 Å². The summed E-state index contributed by atoms with van der Waals surface area (Å²) in [5.41, 5.74) is 0.593. The summed E-state index contributed by atoms with van der Waals surface area (Å²) < 4.78 is 0. The molecule has 0 unspecified atom stereocenters. The van der Waals surface area contributed by atoms with Crippen molar-refractivity contribution in [3.05, 3.63) is 48.6 Å². The van der Waals surface area contributed by atoms with Crippen LogP contribution in [0.3, 0.4) is 0 Å². The number of hydrogen-bond donors (Lipinski definition) is 2. The molecule has 0 fully saturated rings. The van der Waals surface area contributed by atoms with E-state index < -0.39 is 12.1 Å². The molecule has 1 amide bonds. The highest BCUT2D eigenvalue weighted by Gasteiger charge is 2.18. The first-order valence-electron chi connectivity index (χ1n) is 6.85. The Labute approximate surface area is 115 Å². The zero-order chi connectivity index (χ0) is 14.1. The SMILES string of the molecule is C=C[C@H](NC(=O)c1ccccc1)[C@H](O)CCCCC. The zero-order valence-electron chi connectivity index (χ0n) is 11.5. The van der Waals surface area contributed by atoms with E-state index in [4.69, 9.17) is 0 Å². The summed E-state index contributed by atoms with van der Waals surface area (Å²) in [5, 5.41) is 12.8. The third-order valence-corrected chi connectivity index (χ3v) is 3.11. The Morgan fingerprint density at radius 2 is 2.05 bits per heavy atom. The lowest BCUT2D eigenvalue weighted by Gasteiger charge is -2.21. The number of carbonyl (C=O) groups excluding carboxylic acids is 1. The number of carbonyl (C=O) groups is 1. The predicted octanol–water partition coefficient (Wildman–Crippen LogP) is 2.91. The van der Waals surface area contributed by atoms with Crippen LogP contribution in [0.4, 0.5) is 0 Å². The monoisotopic (exact) mass is 261 g/mol. The fraction of sp³-hybridized carbons (Fsp3) is 0.438. The molecular weight excluding hydrogens is 238 g/mol. The lowest BCUT2D eigenvalue weighted by atomic mass is 10.0. The van der Waals surface area contributed by atoms with Crippen LogP contribution in [0.2, 0.25) is 0 Å². The molecule has 0 saturated heterocycles. The molecule has 0 aliphatic heterocycles. The van der Waals surface area contributed by atoms with E-state index in [1.165, 1.54) is 0 Å². The van der Waals surface area contributed by atoms with Crippen LogP contribution in [-0.2, 0) is 0 Å². The van der Waals surface area contributed by atoms with Crippen LogP contribution < -0.4 is 5.32 Å². The summed E-state index contributed by atoms with van der Waals surface area (Å²) in [6.07, 6.45) is 4.87. The first-order chi connectivity index (χ1) is 9.19. The summed E-state index contributed by atoms with van der Waals surface area (Å²) in [7, 11) is 0. The van der Waals surface area contributed by atoms with E-state index >= 15 is 0 Å². The second-order valence-electron chi connectivity index (χ2n) is 4.66. The minimum absolute atomic E-state index is 0.181. The number of hydrogen-bond acceptors (Lipinski definition) is 2. The average Bonchev–Trinajstić information content (AvgIpc) is 2.45. The highest BCUT2D eigenvalue weighted by Crippen LogP contribution is 2.08. The standard InChI is InChI=1S/C16H23NO2/c1-3-5-7-12-15(18)14(4-2)17-16(19)13-10-8-6-9-11-13/h4,6,8-11,14-15,18H,2-3,5,7,12H2,1H3,(H,17,19)/t14-,15+/m0/s1. The van der Waals surface area contributed by atoms with E-state index in [1.54, 1.807) is 18.2 Å².